The van der Waals surface area contributed by atoms with Gasteiger partial charge in [0.15, 0.2) is 5.75 Å². The summed E-state index contributed by atoms with van der Waals surface area (Å²) in [6.45, 7) is 3.28. The third-order valence-electron chi connectivity index (χ3n) is 6.15. The molecule has 178 valence electrons. The number of hydrogen-bond acceptors (Lipinski definition) is 8. The van der Waals surface area contributed by atoms with E-state index >= 15 is 0 Å². The Morgan fingerprint density at radius 2 is 1.88 bits per heavy atom. The second kappa shape index (κ2) is 8.25. The zero-order chi connectivity index (χ0) is 24.9. The lowest BCUT2D eigenvalue weighted by molar-refractivity contribution is -0.129. The predicted octanol–water partition coefficient (Wildman–Crippen LogP) is 3.99. The topological polar surface area (TPSA) is 131 Å². The minimum atomic E-state index is -1.81. The van der Waals surface area contributed by atoms with Crippen molar-refractivity contribution in [2.75, 3.05) is 19.5 Å². The highest BCUT2D eigenvalue weighted by Crippen LogP contribution is 2.53. The number of ketones is 2. The highest BCUT2D eigenvalue weighted by Gasteiger charge is 2.60. The largest absolute Gasteiger partial charge is 0.507 e. The first-order valence-corrected chi connectivity index (χ1v) is 10.7. The first kappa shape index (κ1) is 23.4. The number of benzene rings is 2. The van der Waals surface area contributed by atoms with Crippen LogP contribution in [0.15, 0.2) is 30.0 Å². The summed E-state index contributed by atoms with van der Waals surface area (Å²) in [5.74, 6) is -2.88. The molecule has 0 fully saturated rings. The van der Waals surface area contributed by atoms with Gasteiger partial charge in [0.25, 0.3) is 0 Å². The molecule has 2 aliphatic rings. The van der Waals surface area contributed by atoms with Gasteiger partial charge in [-0.05, 0) is 31.0 Å². The second-order valence-electron chi connectivity index (χ2n) is 8.22. The van der Waals surface area contributed by atoms with Crippen LogP contribution in [-0.4, -0.2) is 47.6 Å². The highest BCUT2D eigenvalue weighted by molar-refractivity contribution is 6.36. The second-order valence-corrected chi connectivity index (χ2v) is 8.60. The minimum absolute atomic E-state index is 0.0353. The van der Waals surface area contributed by atoms with Gasteiger partial charge >= 0.3 is 5.97 Å². The maximum atomic E-state index is 13.5. The smallest absolute Gasteiger partial charge is 0.339 e. The standard InChI is InChI=1S/C24H22ClNO8/c1-10-5-12(7-14(20(10)28)23(30)31)26-13-6-11(2)24(17(27)8-13)22(29)18-15(32-3)9-16(33-4)19(25)21(18)34-24/h5,7-9,11,26,28H,6H2,1-4H3,(H,30,31). The molecule has 34 heavy (non-hydrogen) atoms. The number of allylic oxidation sites excluding steroid dienone is 1. The van der Waals surface area contributed by atoms with Gasteiger partial charge in [0.2, 0.25) is 17.2 Å². The van der Waals surface area contributed by atoms with Crippen molar-refractivity contribution in [1.82, 2.24) is 0 Å². The Balaban J connectivity index is 1.71. The molecule has 0 bridgehead atoms. The van der Waals surface area contributed by atoms with E-state index in [0.29, 0.717) is 16.9 Å². The lowest BCUT2D eigenvalue weighted by Crippen LogP contribution is -2.55. The van der Waals surface area contributed by atoms with E-state index in [1.807, 2.05) is 0 Å². The molecule has 9 nitrogen and oxygen atoms in total. The van der Waals surface area contributed by atoms with Crippen molar-refractivity contribution in [3.63, 3.8) is 0 Å². The van der Waals surface area contributed by atoms with Crippen LogP contribution in [0.25, 0.3) is 0 Å². The van der Waals surface area contributed by atoms with Crippen molar-refractivity contribution in [1.29, 1.82) is 0 Å². The van der Waals surface area contributed by atoms with E-state index in [1.54, 1.807) is 19.9 Å². The monoisotopic (exact) mass is 487 g/mol. The number of methoxy groups -OCH3 is 2. The van der Waals surface area contributed by atoms with E-state index in [0.717, 1.165) is 0 Å². The number of rotatable bonds is 5. The molecule has 4 rings (SSSR count). The Labute approximate surface area is 199 Å². The van der Waals surface area contributed by atoms with Gasteiger partial charge in [0.1, 0.15) is 33.4 Å². The number of phenols is 1. The van der Waals surface area contributed by atoms with E-state index < -0.39 is 29.1 Å². The van der Waals surface area contributed by atoms with E-state index in [4.69, 9.17) is 25.8 Å². The number of Topliss-reactive ketones (excluding diaryl/α,β-unsaturated/α-hetero) is 1. The number of carboxylic acid groups (broad SMARTS) is 1. The van der Waals surface area contributed by atoms with E-state index in [9.17, 15) is 24.6 Å². The molecule has 1 aliphatic carbocycles. The minimum Gasteiger partial charge on any atom is -0.507 e. The van der Waals surface area contributed by atoms with Gasteiger partial charge in [-0.3, -0.25) is 9.59 Å². The number of aryl methyl sites for hydroxylation is 1. The fraction of sp³-hybridized carbons (Fsp3) is 0.292. The zero-order valence-electron chi connectivity index (χ0n) is 18.8. The van der Waals surface area contributed by atoms with Crippen molar-refractivity contribution < 1.29 is 38.8 Å². The fourth-order valence-corrected chi connectivity index (χ4v) is 4.68. The number of nitrogens with one attached hydrogen (secondary N) is 1. The molecule has 2 aromatic carbocycles. The van der Waals surface area contributed by atoms with Crippen molar-refractivity contribution in [2.45, 2.75) is 25.9 Å². The maximum absolute atomic E-state index is 13.5. The Morgan fingerprint density at radius 1 is 1.21 bits per heavy atom. The van der Waals surface area contributed by atoms with Gasteiger partial charge in [-0.2, -0.15) is 0 Å². The third kappa shape index (κ3) is 3.35. The molecule has 2 aromatic rings. The summed E-state index contributed by atoms with van der Waals surface area (Å²) in [7, 11) is 2.80. The summed E-state index contributed by atoms with van der Waals surface area (Å²) in [6.07, 6.45) is 1.51. The zero-order valence-corrected chi connectivity index (χ0v) is 19.6. The molecule has 2 atom stereocenters. The van der Waals surface area contributed by atoms with E-state index in [2.05, 4.69) is 5.32 Å². The van der Waals surface area contributed by atoms with E-state index in [-0.39, 0.29) is 45.6 Å². The summed E-state index contributed by atoms with van der Waals surface area (Å²) in [5, 5.41) is 22.4. The number of anilines is 1. The van der Waals surface area contributed by atoms with Crippen LogP contribution in [0.5, 0.6) is 23.0 Å². The van der Waals surface area contributed by atoms with Crippen LogP contribution in [0.1, 0.15) is 39.6 Å². The number of halogens is 1. The molecule has 0 saturated heterocycles. The molecule has 1 spiro atoms. The average molecular weight is 488 g/mol. The molecule has 0 amide bonds. The van der Waals surface area contributed by atoms with Gasteiger partial charge in [-0.15, -0.1) is 0 Å². The van der Waals surface area contributed by atoms with Crippen LogP contribution in [-0.2, 0) is 4.79 Å². The summed E-state index contributed by atoms with van der Waals surface area (Å²) in [6, 6.07) is 4.30. The number of hydrogen-bond donors (Lipinski definition) is 3. The molecule has 0 radical (unpaired) electrons. The first-order chi connectivity index (χ1) is 16.0. The van der Waals surface area contributed by atoms with Crippen LogP contribution >= 0.6 is 11.6 Å². The van der Waals surface area contributed by atoms with Crippen LogP contribution in [0.2, 0.25) is 5.02 Å². The van der Waals surface area contributed by atoms with Crippen LogP contribution in [0, 0.1) is 12.8 Å². The first-order valence-electron chi connectivity index (χ1n) is 10.3. The molecule has 1 aliphatic heterocycles. The lowest BCUT2D eigenvalue weighted by atomic mass is 9.74. The SMILES string of the molecule is COc1cc(OC)c2c(c1Cl)OC1(C(=O)C=C(Nc3cc(C)c(O)c(C(=O)O)c3)CC1C)C2=O. The lowest BCUT2D eigenvalue weighted by Gasteiger charge is -2.35. The van der Waals surface area contributed by atoms with Crippen LogP contribution in [0.3, 0.4) is 0 Å². The summed E-state index contributed by atoms with van der Waals surface area (Å²) in [5.41, 5.74) is -0.795. The van der Waals surface area contributed by atoms with Crippen molar-refractivity contribution in [3.05, 3.63) is 51.7 Å². The quantitative estimate of drug-likeness (QED) is 0.423. The third-order valence-corrected chi connectivity index (χ3v) is 6.50. The average Bonchev–Trinajstić information content (AvgIpc) is 3.10. The number of aromatic hydroxyl groups is 1. The van der Waals surface area contributed by atoms with Crippen molar-refractivity contribution >= 4 is 34.8 Å². The van der Waals surface area contributed by atoms with E-state index in [1.165, 1.54) is 32.4 Å². The van der Waals surface area contributed by atoms with Gasteiger partial charge < -0.3 is 29.7 Å². The Bertz CT molecular complexity index is 1280. The number of carboxylic acids is 1. The number of carbonyl (C=O) groups excluding carboxylic acids is 2. The van der Waals surface area contributed by atoms with Gasteiger partial charge in [-0.25, -0.2) is 4.79 Å². The van der Waals surface area contributed by atoms with Gasteiger partial charge in [0, 0.05) is 29.4 Å². The Kier molecular flexibility index (Phi) is 5.69. The molecular formula is C24H22ClNO8. The van der Waals surface area contributed by atoms with Gasteiger partial charge in [0.05, 0.1) is 14.2 Å². The Hall–Kier alpha value is -3.72. The number of ether oxygens (including phenoxy) is 3. The molecule has 3 N–H and O–H groups in total. The van der Waals surface area contributed by atoms with Gasteiger partial charge in [-0.1, -0.05) is 18.5 Å². The number of aromatic carboxylic acids is 1. The summed E-state index contributed by atoms with van der Waals surface area (Å²) in [4.78, 5) is 38.3. The summed E-state index contributed by atoms with van der Waals surface area (Å²) < 4.78 is 16.6. The number of fused-ring (bicyclic) bond motifs is 1. The molecular weight excluding hydrogens is 466 g/mol. The van der Waals surface area contributed by atoms with Crippen molar-refractivity contribution in [3.8, 4) is 23.0 Å². The van der Waals surface area contributed by atoms with Crippen LogP contribution < -0.4 is 19.5 Å². The summed E-state index contributed by atoms with van der Waals surface area (Å²) >= 11 is 6.39. The van der Waals surface area contributed by atoms with Crippen molar-refractivity contribution in [2.24, 2.45) is 5.92 Å². The van der Waals surface area contributed by atoms with Crippen LogP contribution in [0.4, 0.5) is 5.69 Å². The maximum Gasteiger partial charge on any atom is 0.339 e. The predicted molar refractivity (Wildman–Crippen MR) is 123 cm³/mol. The highest BCUT2D eigenvalue weighted by atomic mass is 35.5. The molecule has 0 aromatic heterocycles. The fourth-order valence-electron chi connectivity index (χ4n) is 4.42. The molecule has 2 unspecified atom stereocenters. The molecule has 0 saturated carbocycles. The molecule has 1 heterocycles. The normalized spacial score (nSPS) is 21.1. The molecule has 10 heteroatoms. The number of carbonyl (C=O) groups is 3. The Morgan fingerprint density at radius 3 is 2.47 bits per heavy atom.